The van der Waals surface area contributed by atoms with Crippen LogP contribution in [0.1, 0.15) is 11.1 Å². The van der Waals surface area contributed by atoms with Crippen molar-refractivity contribution in [3.63, 3.8) is 0 Å². The molecule has 7 nitrogen and oxygen atoms in total. The molecule has 0 radical (unpaired) electrons. The van der Waals surface area contributed by atoms with E-state index in [1.807, 2.05) is 6.92 Å². The van der Waals surface area contributed by atoms with Gasteiger partial charge in [-0.3, -0.25) is 9.52 Å². The lowest BCUT2D eigenvalue weighted by Gasteiger charge is -2.10. The molecule has 0 spiro atoms. The van der Waals surface area contributed by atoms with Crippen molar-refractivity contribution < 1.29 is 8.42 Å². The highest BCUT2D eigenvalue weighted by Gasteiger charge is 2.16. The largest absolute Gasteiger partial charge is 0.316 e. The van der Waals surface area contributed by atoms with Gasteiger partial charge in [0.25, 0.3) is 15.6 Å². The molecule has 0 aliphatic rings. The summed E-state index contributed by atoms with van der Waals surface area (Å²) in [7, 11) is -1.95. The van der Waals surface area contributed by atoms with Crippen LogP contribution in [0.4, 0.5) is 5.82 Å². The molecule has 0 unspecified atom stereocenters. The van der Waals surface area contributed by atoms with Crippen molar-refractivity contribution in [2.75, 3.05) is 11.8 Å². The smallest absolute Gasteiger partial charge is 0.264 e. The van der Waals surface area contributed by atoms with Gasteiger partial charge in [-0.1, -0.05) is 6.07 Å². The molecule has 2 rings (SSSR count). The Hall–Kier alpha value is -2.19. The SMILES string of the molecule is CNCc1cc(S(=O)(=O)Nc2ccc(=O)[nH]n2)ccc1C. The summed E-state index contributed by atoms with van der Waals surface area (Å²) in [5.74, 6) is 0.0605. The van der Waals surface area contributed by atoms with Crippen LogP contribution in [0, 0.1) is 6.92 Å². The Morgan fingerprint density at radius 1 is 1.24 bits per heavy atom. The molecule has 0 aliphatic carbocycles. The topological polar surface area (TPSA) is 104 Å². The second-order valence-electron chi connectivity index (χ2n) is 4.53. The normalized spacial score (nSPS) is 11.3. The lowest BCUT2D eigenvalue weighted by molar-refractivity contribution is 0.600. The van der Waals surface area contributed by atoms with E-state index in [9.17, 15) is 13.2 Å². The predicted octanol–water partition coefficient (Wildman–Crippen LogP) is 0.599. The van der Waals surface area contributed by atoms with Gasteiger partial charge in [0.1, 0.15) is 0 Å². The molecular weight excluding hydrogens is 292 g/mol. The zero-order chi connectivity index (χ0) is 15.5. The van der Waals surface area contributed by atoms with Crippen LogP contribution in [-0.2, 0) is 16.6 Å². The second kappa shape index (κ2) is 6.06. The molecule has 0 atom stereocenters. The number of benzene rings is 1. The van der Waals surface area contributed by atoms with Gasteiger partial charge in [0.2, 0.25) is 0 Å². The van der Waals surface area contributed by atoms with Crippen molar-refractivity contribution in [1.29, 1.82) is 0 Å². The Balaban J connectivity index is 2.33. The lowest BCUT2D eigenvalue weighted by Crippen LogP contribution is -2.17. The number of H-pyrrole nitrogens is 1. The monoisotopic (exact) mass is 308 g/mol. The van der Waals surface area contributed by atoms with Crippen LogP contribution < -0.4 is 15.6 Å². The van der Waals surface area contributed by atoms with Gasteiger partial charge in [0, 0.05) is 12.6 Å². The number of nitrogens with one attached hydrogen (secondary N) is 3. The molecule has 2 aromatic rings. The van der Waals surface area contributed by atoms with Gasteiger partial charge in [-0.15, -0.1) is 0 Å². The summed E-state index contributed by atoms with van der Waals surface area (Å²) in [6.07, 6.45) is 0. The summed E-state index contributed by atoms with van der Waals surface area (Å²) in [5, 5.41) is 8.79. The Morgan fingerprint density at radius 3 is 2.62 bits per heavy atom. The first-order chi connectivity index (χ1) is 9.92. The average Bonchev–Trinajstić information content (AvgIpc) is 2.43. The van der Waals surface area contributed by atoms with E-state index in [0.29, 0.717) is 6.54 Å². The van der Waals surface area contributed by atoms with Gasteiger partial charge < -0.3 is 5.32 Å². The summed E-state index contributed by atoms with van der Waals surface area (Å²) in [6, 6.07) is 7.40. The van der Waals surface area contributed by atoms with Crippen molar-refractivity contribution >= 4 is 15.8 Å². The first-order valence-electron chi connectivity index (χ1n) is 6.25. The maximum absolute atomic E-state index is 12.3. The minimum absolute atomic E-state index is 0.0605. The molecule has 0 saturated heterocycles. The molecule has 1 heterocycles. The van der Waals surface area contributed by atoms with Gasteiger partial charge in [0.05, 0.1) is 4.90 Å². The molecule has 1 aromatic heterocycles. The summed E-state index contributed by atoms with van der Waals surface area (Å²) >= 11 is 0. The molecule has 0 saturated carbocycles. The van der Waals surface area contributed by atoms with Gasteiger partial charge in [-0.2, -0.15) is 5.10 Å². The number of hydrogen-bond donors (Lipinski definition) is 3. The number of nitrogens with zero attached hydrogens (tertiary/aromatic N) is 1. The highest BCUT2D eigenvalue weighted by atomic mass is 32.2. The van der Waals surface area contributed by atoms with E-state index in [4.69, 9.17) is 0 Å². The zero-order valence-corrected chi connectivity index (χ0v) is 12.5. The standard InChI is InChI=1S/C13H16N4O3S/c1-9-3-4-11(7-10(9)8-14-2)21(19,20)17-12-5-6-13(18)16-15-12/h3-7,14H,8H2,1-2H3,(H,15,17)(H,16,18). The van der Waals surface area contributed by atoms with Gasteiger partial charge >= 0.3 is 0 Å². The number of sulfonamides is 1. The third kappa shape index (κ3) is 3.67. The van der Waals surface area contributed by atoms with E-state index >= 15 is 0 Å². The molecule has 3 N–H and O–H groups in total. The minimum Gasteiger partial charge on any atom is -0.316 e. The molecule has 0 fully saturated rings. The molecular formula is C13H16N4O3S. The average molecular weight is 308 g/mol. The third-order valence-electron chi connectivity index (χ3n) is 2.92. The number of anilines is 1. The Kier molecular flexibility index (Phi) is 4.39. The Labute approximate surface area is 122 Å². The van der Waals surface area contributed by atoms with Crippen LogP contribution in [-0.4, -0.2) is 25.7 Å². The van der Waals surface area contributed by atoms with Crippen molar-refractivity contribution in [3.05, 3.63) is 51.8 Å². The fourth-order valence-corrected chi connectivity index (χ4v) is 2.85. The van der Waals surface area contributed by atoms with E-state index < -0.39 is 15.6 Å². The Bertz CT molecular complexity index is 779. The van der Waals surface area contributed by atoms with Crippen molar-refractivity contribution in [3.8, 4) is 0 Å². The number of aromatic amines is 1. The van der Waals surface area contributed by atoms with Gasteiger partial charge in [0.15, 0.2) is 5.82 Å². The van der Waals surface area contributed by atoms with E-state index in [1.54, 1.807) is 19.2 Å². The third-order valence-corrected chi connectivity index (χ3v) is 4.27. The summed E-state index contributed by atoms with van der Waals surface area (Å²) in [5.41, 5.74) is 1.50. The molecule has 0 aliphatic heterocycles. The maximum atomic E-state index is 12.3. The van der Waals surface area contributed by atoms with Crippen LogP contribution in [0.25, 0.3) is 0 Å². The van der Waals surface area contributed by atoms with Crippen LogP contribution >= 0.6 is 0 Å². The molecule has 0 bridgehead atoms. The molecule has 1 aromatic carbocycles. The van der Waals surface area contributed by atoms with Gasteiger partial charge in [-0.25, -0.2) is 13.5 Å². The number of rotatable bonds is 5. The van der Waals surface area contributed by atoms with Gasteiger partial charge in [-0.05, 0) is 43.3 Å². The zero-order valence-electron chi connectivity index (χ0n) is 11.7. The van der Waals surface area contributed by atoms with Crippen LogP contribution in [0.15, 0.2) is 40.0 Å². The number of aryl methyl sites for hydroxylation is 1. The summed E-state index contributed by atoms with van der Waals surface area (Å²) in [4.78, 5) is 11.1. The van der Waals surface area contributed by atoms with E-state index in [1.165, 1.54) is 18.2 Å². The minimum atomic E-state index is -3.75. The summed E-state index contributed by atoms with van der Waals surface area (Å²) in [6.45, 7) is 2.49. The van der Waals surface area contributed by atoms with Crippen LogP contribution in [0.5, 0.6) is 0 Å². The van der Waals surface area contributed by atoms with Crippen molar-refractivity contribution in [2.24, 2.45) is 0 Å². The maximum Gasteiger partial charge on any atom is 0.264 e. The lowest BCUT2D eigenvalue weighted by atomic mass is 10.1. The fraction of sp³-hybridized carbons (Fsp3) is 0.231. The van der Waals surface area contributed by atoms with E-state index in [-0.39, 0.29) is 10.7 Å². The van der Waals surface area contributed by atoms with Crippen molar-refractivity contribution in [1.82, 2.24) is 15.5 Å². The van der Waals surface area contributed by atoms with Crippen LogP contribution in [0.2, 0.25) is 0 Å². The van der Waals surface area contributed by atoms with Crippen molar-refractivity contribution in [2.45, 2.75) is 18.4 Å². The molecule has 21 heavy (non-hydrogen) atoms. The number of hydrogen-bond acceptors (Lipinski definition) is 5. The second-order valence-corrected chi connectivity index (χ2v) is 6.21. The molecule has 8 heteroatoms. The van der Waals surface area contributed by atoms with Crippen LogP contribution in [0.3, 0.4) is 0 Å². The number of aromatic nitrogens is 2. The highest BCUT2D eigenvalue weighted by molar-refractivity contribution is 7.92. The molecule has 112 valence electrons. The Morgan fingerprint density at radius 2 is 2.00 bits per heavy atom. The highest BCUT2D eigenvalue weighted by Crippen LogP contribution is 2.17. The summed E-state index contributed by atoms with van der Waals surface area (Å²) < 4.78 is 26.9. The first kappa shape index (κ1) is 15.2. The van der Waals surface area contributed by atoms with E-state index in [2.05, 4.69) is 20.2 Å². The quantitative estimate of drug-likeness (QED) is 0.750. The predicted molar refractivity (Wildman–Crippen MR) is 79.6 cm³/mol. The fourth-order valence-electron chi connectivity index (χ4n) is 1.79. The van der Waals surface area contributed by atoms with E-state index in [0.717, 1.165) is 11.1 Å². The first-order valence-corrected chi connectivity index (χ1v) is 7.73. The molecule has 0 amide bonds.